The van der Waals surface area contributed by atoms with Gasteiger partial charge in [0.2, 0.25) is 0 Å². The molecule has 0 atom stereocenters. The summed E-state index contributed by atoms with van der Waals surface area (Å²) in [6.45, 7) is 8.76. The zero-order valence-corrected chi connectivity index (χ0v) is 9.42. The van der Waals surface area contributed by atoms with Gasteiger partial charge in [0.15, 0.2) is 0 Å². The van der Waals surface area contributed by atoms with Crippen molar-refractivity contribution in [3.05, 3.63) is 0 Å². The van der Waals surface area contributed by atoms with E-state index in [1.54, 1.807) is 11.8 Å². The van der Waals surface area contributed by atoms with E-state index in [1.165, 1.54) is 0 Å². The Balaban J connectivity index is 2.64. The Morgan fingerprint density at radius 2 is 1.67 bits per heavy atom. The molecule has 0 spiro atoms. The lowest BCUT2D eigenvalue weighted by atomic mass is 10.0. The minimum absolute atomic E-state index is 0.222. The van der Waals surface area contributed by atoms with Gasteiger partial charge in [-0.15, -0.1) is 0 Å². The normalized spacial score (nSPS) is 25.4. The van der Waals surface area contributed by atoms with Gasteiger partial charge in [0.1, 0.15) is 5.78 Å². The quantitative estimate of drug-likeness (QED) is 0.674. The Bertz CT molecular complexity index is 192. The van der Waals surface area contributed by atoms with Crippen LogP contribution in [0.2, 0.25) is 0 Å². The summed E-state index contributed by atoms with van der Waals surface area (Å²) in [6, 6.07) is 0. The van der Waals surface area contributed by atoms with Gasteiger partial charge >= 0.3 is 0 Å². The Morgan fingerprint density at radius 3 is 1.92 bits per heavy atom. The van der Waals surface area contributed by atoms with E-state index in [1.807, 2.05) is 6.26 Å². The molecule has 0 saturated heterocycles. The second kappa shape index (κ2) is 2.76. The van der Waals surface area contributed by atoms with Gasteiger partial charge in [0, 0.05) is 5.92 Å². The van der Waals surface area contributed by atoms with E-state index in [2.05, 4.69) is 27.7 Å². The number of carbonyl (C=O) groups excluding carboxylic acids is 1. The van der Waals surface area contributed by atoms with E-state index < -0.39 is 0 Å². The van der Waals surface area contributed by atoms with Crippen molar-refractivity contribution in [3.63, 3.8) is 0 Å². The second-order valence-corrected chi connectivity index (χ2v) is 5.64. The van der Waals surface area contributed by atoms with E-state index in [0.717, 1.165) is 0 Å². The molecule has 1 rings (SSSR count). The van der Waals surface area contributed by atoms with Crippen molar-refractivity contribution in [1.82, 2.24) is 0 Å². The lowest BCUT2D eigenvalue weighted by Crippen LogP contribution is -2.09. The predicted octanol–water partition coefficient (Wildman–Crippen LogP) is 2.60. The lowest BCUT2D eigenvalue weighted by molar-refractivity contribution is -0.118. The molecule has 12 heavy (non-hydrogen) atoms. The van der Waals surface area contributed by atoms with Crippen molar-refractivity contribution in [1.29, 1.82) is 0 Å². The molecule has 0 radical (unpaired) electrons. The Kier molecular flexibility index (Phi) is 2.32. The summed E-state index contributed by atoms with van der Waals surface area (Å²) in [4.78, 5) is 11.6. The molecule has 0 aliphatic heterocycles. The minimum Gasteiger partial charge on any atom is -0.298 e. The molecule has 0 aromatic carbocycles. The zero-order valence-electron chi connectivity index (χ0n) is 8.60. The summed E-state index contributed by atoms with van der Waals surface area (Å²) in [6.07, 6.45) is 1.99. The van der Waals surface area contributed by atoms with Crippen molar-refractivity contribution in [3.8, 4) is 0 Å². The minimum atomic E-state index is 0.222. The summed E-state index contributed by atoms with van der Waals surface area (Å²) in [5.74, 6) is 1.40. The van der Waals surface area contributed by atoms with Crippen LogP contribution in [0.25, 0.3) is 0 Å². The van der Waals surface area contributed by atoms with Gasteiger partial charge in [0.25, 0.3) is 0 Å². The molecule has 1 aliphatic carbocycles. The van der Waals surface area contributed by atoms with Crippen LogP contribution in [0.1, 0.15) is 27.7 Å². The number of ketones is 1. The molecule has 0 unspecified atom stereocenters. The third-order valence-corrected chi connectivity index (χ3v) is 4.20. The van der Waals surface area contributed by atoms with Crippen LogP contribution in [-0.2, 0) is 4.79 Å². The molecule has 0 N–H and O–H groups in total. The topological polar surface area (TPSA) is 17.1 Å². The summed E-state index contributed by atoms with van der Waals surface area (Å²) in [7, 11) is 0. The summed E-state index contributed by atoms with van der Waals surface area (Å²) < 4.78 is 0. The number of hydrogen-bond donors (Lipinski definition) is 0. The first-order chi connectivity index (χ1) is 5.35. The van der Waals surface area contributed by atoms with Gasteiger partial charge < -0.3 is 0 Å². The first kappa shape index (κ1) is 10.1. The van der Waals surface area contributed by atoms with Gasteiger partial charge in [-0.3, -0.25) is 4.79 Å². The molecule has 1 nitrogen and oxygen atoms in total. The SMILES string of the molecule is CSCC(=O)C1C(C)(C)C1(C)C. The number of rotatable bonds is 3. The smallest absolute Gasteiger partial charge is 0.146 e. The third-order valence-electron chi connectivity index (χ3n) is 3.63. The molecule has 2 heteroatoms. The molecule has 0 bridgehead atoms. The maximum atomic E-state index is 11.6. The first-order valence-electron chi connectivity index (χ1n) is 4.37. The highest BCUT2D eigenvalue weighted by Gasteiger charge is 2.67. The first-order valence-corrected chi connectivity index (χ1v) is 5.76. The summed E-state index contributed by atoms with van der Waals surface area (Å²) >= 11 is 1.63. The van der Waals surface area contributed by atoms with Crippen LogP contribution in [0, 0.1) is 16.7 Å². The van der Waals surface area contributed by atoms with Crippen molar-refractivity contribution in [2.24, 2.45) is 16.7 Å². The fourth-order valence-electron chi connectivity index (χ4n) is 2.23. The van der Waals surface area contributed by atoms with Gasteiger partial charge in [-0.2, -0.15) is 11.8 Å². The van der Waals surface area contributed by atoms with Crippen LogP contribution in [0.4, 0.5) is 0 Å². The lowest BCUT2D eigenvalue weighted by Gasteiger charge is -2.03. The molecule has 0 amide bonds. The Labute approximate surface area is 79.3 Å². The molecule has 0 aromatic rings. The number of hydrogen-bond acceptors (Lipinski definition) is 2. The second-order valence-electron chi connectivity index (χ2n) is 4.78. The van der Waals surface area contributed by atoms with E-state index in [9.17, 15) is 4.79 Å². The molecule has 1 aliphatic rings. The fourth-order valence-corrected chi connectivity index (χ4v) is 2.68. The number of thioether (sulfide) groups is 1. The average Bonchev–Trinajstić information content (AvgIpc) is 2.24. The van der Waals surface area contributed by atoms with Crippen molar-refractivity contribution >= 4 is 17.5 Å². The molecule has 0 heterocycles. The van der Waals surface area contributed by atoms with Crippen LogP contribution in [-0.4, -0.2) is 17.8 Å². The molecule has 1 saturated carbocycles. The predicted molar refractivity (Wildman–Crippen MR) is 54.4 cm³/mol. The maximum Gasteiger partial charge on any atom is 0.146 e. The Hall–Kier alpha value is 0.0200. The maximum absolute atomic E-state index is 11.6. The highest BCUT2D eigenvalue weighted by molar-refractivity contribution is 7.99. The van der Waals surface area contributed by atoms with Gasteiger partial charge in [-0.05, 0) is 17.1 Å². The molecular formula is C10H18OS. The standard InChI is InChI=1S/C10H18OS/c1-9(2)8(10(9,3)4)7(11)6-12-5/h8H,6H2,1-5H3. The summed E-state index contributed by atoms with van der Waals surface area (Å²) in [5.41, 5.74) is 0.444. The van der Waals surface area contributed by atoms with Crippen LogP contribution in [0.3, 0.4) is 0 Å². The molecule has 70 valence electrons. The van der Waals surface area contributed by atoms with Crippen LogP contribution in [0.15, 0.2) is 0 Å². The monoisotopic (exact) mass is 186 g/mol. The molecule has 0 aromatic heterocycles. The number of Topliss-reactive ketones (excluding diaryl/α,β-unsaturated/α-hetero) is 1. The van der Waals surface area contributed by atoms with E-state index in [0.29, 0.717) is 11.5 Å². The Morgan fingerprint density at radius 1 is 1.25 bits per heavy atom. The molecule has 1 fully saturated rings. The highest BCUT2D eigenvalue weighted by Crippen LogP contribution is 2.68. The van der Waals surface area contributed by atoms with Crippen LogP contribution in [0.5, 0.6) is 0 Å². The van der Waals surface area contributed by atoms with Crippen molar-refractivity contribution in [2.45, 2.75) is 27.7 Å². The van der Waals surface area contributed by atoms with Gasteiger partial charge in [-0.1, -0.05) is 27.7 Å². The van der Waals surface area contributed by atoms with Crippen molar-refractivity contribution < 1.29 is 4.79 Å². The van der Waals surface area contributed by atoms with Crippen molar-refractivity contribution in [2.75, 3.05) is 12.0 Å². The number of carbonyl (C=O) groups is 1. The summed E-state index contributed by atoms with van der Waals surface area (Å²) in [5, 5.41) is 0. The van der Waals surface area contributed by atoms with E-state index in [-0.39, 0.29) is 16.7 Å². The van der Waals surface area contributed by atoms with Crippen LogP contribution >= 0.6 is 11.8 Å². The van der Waals surface area contributed by atoms with E-state index in [4.69, 9.17) is 0 Å². The van der Waals surface area contributed by atoms with E-state index >= 15 is 0 Å². The molecular weight excluding hydrogens is 168 g/mol. The third kappa shape index (κ3) is 1.20. The highest BCUT2D eigenvalue weighted by atomic mass is 32.2. The van der Waals surface area contributed by atoms with Crippen LogP contribution < -0.4 is 0 Å². The van der Waals surface area contributed by atoms with Gasteiger partial charge in [0.05, 0.1) is 5.75 Å². The fraction of sp³-hybridized carbons (Fsp3) is 0.900. The average molecular weight is 186 g/mol. The zero-order chi connectivity index (χ0) is 9.57. The van der Waals surface area contributed by atoms with Gasteiger partial charge in [-0.25, -0.2) is 0 Å². The largest absolute Gasteiger partial charge is 0.298 e.